The van der Waals surface area contributed by atoms with E-state index in [9.17, 15) is 25.2 Å². The lowest BCUT2D eigenvalue weighted by Crippen LogP contribution is -2.32. The van der Waals surface area contributed by atoms with E-state index in [0.717, 1.165) is 0 Å². The van der Waals surface area contributed by atoms with Gasteiger partial charge in [0.1, 0.15) is 47.1 Å². The Kier molecular flexibility index (Phi) is 8.28. The molecule has 2 heterocycles. The van der Waals surface area contributed by atoms with E-state index < -0.39 is 42.6 Å². The van der Waals surface area contributed by atoms with Crippen molar-refractivity contribution in [2.45, 2.75) is 70.6 Å². The lowest BCUT2D eigenvalue weighted by atomic mass is 9.74. The van der Waals surface area contributed by atoms with Gasteiger partial charge < -0.3 is 53.6 Å². The number of phenolic OH excluding ortho intramolecular Hbond substituents is 2. The van der Waals surface area contributed by atoms with Gasteiger partial charge in [0, 0.05) is 53.3 Å². The van der Waals surface area contributed by atoms with Crippen molar-refractivity contribution in [1.82, 2.24) is 0 Å². The van der Waals surface area contributed by atoms with Gasteiger partial charge >= 0.3 is 5.97 Å². The zero-order chi connectivity index (χ0) is 33.2. The molecule has 6 rings (SSSR count). The first-order valence-corrected chi connectivity index (χ1v) is 14.9. The van der Waals surface area contributed by atoms with Crippen molar-refractivity contribution in [2.75, 3.05) is 28.4 Å². The highest BCUT2D eigenvalue weighted by molar-refractivity contribution is 6.09. The van der Waals surface area contributed by atoms with Crippen molar-refractivity contribution in [3.63, 3.8) is 0 Å². The van der Waals surface area contributed by atoms with Crippen LogP contribution in [-0.2, 0) is 41.7 Å². The SMILES string of the molecule is COC1=Cc2c(-c3c4c(c(O)c5c(OC)cc(OC)cc35)CO[C@@H](C)[C@H]4OC(C)=O)c3c(c(O)c2C(OC)C1O)CO[C@@H](C)[C@H]3O. The van der Waals surface area contributed by atoms with Gasteiger partial charge in [0.25, 0.3) is 0 Å². The van der Waals surface area contributed by atoms with Crippen LogP contribution in [0, 0.1) is 0 Å². The minimum atomic E-state index is -1.26. The number of aromatic hydroxyl groups is 2. The maximum Gasteiger partial charge on any atom is 0.303 e. The van der Waals surface area contributed by atoms with E-state index in [2.05, 4.69) is 0 Å². The lowest BCUT2D eigenvalue weighted by molar-refractivity contribution is -0.157. The van der Waals surface area contributed by atoms with Crippen LogP contribution in [0.4, 0.5) is 0 Å². The van der Waals surface area contributed by atoms with E-state index in [1.807, 2.05) is 0 Å². The second-order valence-electron chi connectivity index (χ2n) is 11.7. The summed E-state index contributed by atoms with van der Waals surface area (Å²) in [5.41, 5.74) is 3.04. The van der Waals surface area contributed by atoms with Crippen LogP contribution in [0.3, 0.4) is 0 Å². The summed E-state index contributed by atoms with van der Waals surface area (Å²) in [4.78, 5) is 12.5. The molecule has 12 nitrogen and oxygen atoms in total. The molecule has 6 atom stereocenters. The minimum Gasteiger partial charge on any atom is -0.507 e. The Hall–Kier alpha value is -4.07. The summed E-state index contributed by atoms with van der Waals surface area (Å²) >= 11 is 0. The number of aliphatic hydroxyl groups is 2. The fourth-order valence-corrected chi connectivity index (χ4v) is 7.01. The molecule has 0 aromatic heterocycles. The highest BCUT2D eigenvalue weighted by Gasteiger charge is 2.44. The summed E-state index contributed by atoms with van der Waals surface area (Å²) in [6.45, 7) is 4.70. The summed E-state index contributed by atoms with van der Waals surface area (Å²) in [5, 5.41) is 47.5. The molecule has 2 aliphatic heterocycles. The number of carbonyl (C=O) groups excluding carboxylic acids is 1. The van der Waals surface area contributed by atoms with Crippen LogP contribution < -0.4 is 9.47 Å². The van der Waals surface area contributed by atoms with Crippen molar-refractivity contribution in [3.8, 4) is 34.1 Å². The molecule has 0 spiro atoms. The fourth-order valence-electron chi connectivity index (χ4n) is 7.01. The topological polar surface area (TPSA) is 163 Å². The molecule has 3 aliphatic rings. The van der Waals surface area contributed by atoms with E-state index in [1.165, 1.54) is 35.4 Å². The number of esters is 1. The minimum absolute atomic E-state index is 0.0265. The van der Waals surface area contributed by atoms with Gasteiger partial charge in [-0.15, -0.1) is 0 Å². The Morgan fingerprint density at radius 1 is 0.804 bits per heavy atom. The number of methoxy groups -OCH3 is 4. The van der Waals surface area contributed by atoms with Crippen LogP contribution in [0.5, 0.6) is 23.0 Å². The number of fused-ring (bicyclic) bond motifs is 4. The number of aliphatic hydroxyl groups excluding tert-OH is 2. The smallest absolute Gasteiger partial charge is 0.303 e. The average Bonchev–Trinajstić information content (AvgIpc) is 3.04. The van der Waals surface area contributed by atoms with E-state index in [0.29, 0.717) is 61.2 Å². The van der Waals surface area contributed by atoms with Gasteiger partial charge in [-0.3, -0.25) is 4.79 Å². The molecule has 2 unspecified atom stereocenters. The Morgan fingerprint density at radius 2 is 1.48 bits per heavy atom. The molecule has 0 saturated heterocycles. The first-order valence-electron chi connectivity index (χ1n) is 14.9. The molecule has 246 valence electrons. The zero-order valence-electron chi connectivity index (χ0n) is 26.7. The van der Waals surface area contributed by atoms with Crippen LogP contribution >= 0.6 is 0 Å². The molecule has 3 aromatic rings. The van der Waals surface area contributed by atoms with Crippen molar-refractivity contribution >= 4 is 22.8 Å². The monoisotopic (exact) mass is 638 g/mol. The normalized spacial score (nSPS) is 25.2. The van der Waals surface area contributed by atoms with Gasteiger partial charge in [-0.25, -0.2) is 0 Å². The standard InChI is InChI=1S/C34H38O12/c1-13-29(36)26-19(11-44-13)31(38)28-18(10-22(42-6)32(39)34(28)43-7)24(26)25-17-8-16(40-4)9-21(41-5)23(17)30(37)20-12-45-14(2)33(27(20)25)46-15(3)35/h8-10,13-14,29,32-34,36-39H,11-12H2,1-7H3/t13-,14-,29+,32?,33+,34?/m0/s1. The van der Waals surface area contributed by atoms with Crippen LogP contribution in [0.2, 0.25) is 0 Å². The van der Waals surface area contributed by atoms with E-state index in [1.54, 1.807) is 32.1 Å². The third-order valence-corrected chi connectivity index (χ3v) is 9.23. The molecule has 0 bridgehead atoms. The summed E-state index contributed by atoms with van der Waals surface area (Å²) in [5.74, 6) is -0.0218. The summed E-state index contributed by atoms with van der Waals surface area (Å²) in [6, 6.07) is 3.37. The Morgan fingerprint density at radius 3 is 2.09 bits per heavy atom. The Bertz CT molecular complexity index is 1760. The molecule has 4 N–H and O–H groups in total. The lowest BCUT2D eigenvalue weighted by Gasteiger charge is -2.39. The van der Waals surface area contributed by atoms with Crippen molar-refractivity contribution in [1.29, 1.82) is 0 Å². The van der Waals surface area contributed by atoms with E-state index >= 15 is 0 Å². The largest absolute Gasteiger partial charge is 0.507 e. The molecule has 0 saturated carbocycles. The van der Waals surface area contributed by atoms with Crippen molar-refractivity contribution in [2.24, 2.45) is 0 Å². The quantitative estimate of drug-likeness (QED) is 0.281. The van der Waals surface area contributed by atoms with Crippen molar-refractivity contribution in [3.05, 3.63) is 51.3 Å². The number of carbonyl (C=O) groups is 1. The zero-order valence-corrected chi connectivity index (χ0v) is 26.7. The Balaban J connectivity index is 1.92. The van der Waals surface area contributed by atoms with Gasteiger partial charge in [0.2, 0.25) is 0 Å². The van der Waals surface area contributed by atoms with Crippen LogP contribution in [0.1, 0.15) is 72.5 Å². The number of phenols is 2. The first-order chi connectivity index (χ1) is 22.0. The van der Waals surface area contributed by atoms with E-state index in [4.69, 9.17) is 33.2 Å². The van der Waals surface area contributed by atoms with Gasteiger partial charge in [-0.2, -0.15) is 0 Å². The number of benzene rings is 3. The summed E-state index contributed by atoms with van der Waals surface area (Å²) in [6.07, 6.45) is -4.24. The predicted octanol–water partition coefficient (Wildman–Crippen LogP) is 4.46. The molecule has 0 fully saturated rings. The molecule has 1 aliphatic carbocycles. The molecule has 12 heteroatoms. The summed E-state index contributed by atoms with van der Waals surface area (Å²) < 4.78 is 40.5. The second-order valence-corrected chi connectivity index (χ2v) is 11.7. The number of hydrogen-bond donors (Lipinski definition) is 4. The molecular formula is C34H38O12. The second kappa shape index (κ2) is 11.9. The number of hydrogen-bond acceptors (Lipinski definition) is 12. The van der Waals surface area contributed by atoms with Gasteiger partial charge in [0.15, 0.2) is 6.10 Å². The van der Waals surface area contributed by atoms with Gasteiger partial charge in [-0.05, 0) is 42.7 Å². The van der Waals surface area contributed by atoms with Gasteiger partial charge in [-0.1, -0.05) is 0 Å². The molecule has 3 aromatic carbocycles. The number of rotatable bonds is 6. The molecular weight excluding hydrogens is 600 g/mol. The van der Waals surface area contributed by atoms with Crippen molar-refractivity contribution < 1.29 is 58.4 Å². The molecule has 0 radical (unpaired) electrons. The first kappa shape index (κ1) is 31.9. The maximum absolute atomic E-state index is 12.5. The predicted molar refractivity (Wildman–Crippen MR) is 165 cm³/mol. The third kappa shape index (κ3) is 4.66. The highest BCUT2D eigenvalue weighted by Crippen LogP contribution is 2.57. The highest BCUT2D eigenvalue weighted by atomic mass is 16.6. The Labute approximate surface area is 265 Å². The molecule has 46 heavy (non-hydrogen) atoms. The third-order valence-electron chi connectivity index (χ3n) is 9.23. The molecule has 0 amide bonds. The average molecular weight is 639 g/mol. The van der Waals surface area contributed by atoms with Gasteiger partial charge in [0.05, 0.1) is 52.1 Å². The maximum atomic E-state index is 12.5. The number of ether oxygens (including phenoxy) is 7. The van der Waals surface area contributed by atoms with Crippen LogP contribution in [0.15, 0.2) is 17.9 Å². The summed E-state index contributed by atoms with van der Waals surface area (Å²) in [7, 11) is 5.80. The van der Waals surface area contributed by atoms with E-state index in [-0.39, 0.29) is 36.0 Å². The van der Waals surface area contributed by atoms with Crippen LogP contribution in [0.25, 0.3) is 28.0 Å². The fraction of sp³-hybridized carbons (Fsp3) is 0.441. The van der Waals surface area contributed by atoms with Crippen LogP contribution in [-0.4, -0.2) is 73.1 Å².